The van der Waals surface area contributed by atoms with Crippen molar-refractivity contribution in [2.24, 2.45) is 5.14 Å². The molecule has 5 rings (SSSR count). The molecule has 0 saturated heterocycles. The van der Waals surface area contributed by atoms with Crippen LogP contribution in [0.4, 0.5) is 17.2 Å². The fraction of sp³-hybridized carbons (Fsp3) is 0.167. The number of benzene rings is 3. The van der Waals surface area contributed by atoms with Crippen LogP contribution in [0.5, 0.6) is 0 Å². The Kier molecular flexibility index (Phi) is 7.03. The molecule has 0 saturated carbocycles. The number of rotatable bonds is 6. The third-order valence-electron chi connectivity index (χ3n) is 6.52. The van der Waals surface area contributed by atoms with E-state index < -0.39 is 11.0 Å². The predicted molar refractivity (Wildman–Crippen MR) is 157 cm³/mol. The standard InChI is InChI=1S/C30H30N6O2S/c1-19-5-6-21(17-25(19)35-29(37)20-7-9-22(10-8-20)30(2,3)4)26-18-36-16-15-32-28(36)27(34-26)33-23-11-13-24(14-12-23)39(31)38/h5-18H,31H2,1-4H3,(H,33,34)(H,35,37). The second kappa shape index (κ2) is 10.4. The molecule has 1 unspecified atom stereocenters. The van der Waals surface area contributed by atoms with Crippen LogP contribution in [-0.4, -0.2) is 24.5 Å². The van der Waals surface area contributed by atoms with Gasteiger partial charge in [0.1, 0.15) is 11.0 Å². The van der Waals surface area contributed by atoms with Gasteiger partial charge < -0.3 is 15.0 Å². The van der Waals surface area contributed by atoms with Crippen molar-refractivity contribution in [3.05, 3.63) is 102 Å². The van der Waals surface area contributed by atoms with Gasteiger partial charge in [0.05, 0.1) is 10.6 Å². The molecule has 5 aromatic rings. The molecule has 39 heavy (non-hydrogen) atoms. The summed E-state index contributed by atoms with van der Waals surface area (Å²) in [6.45, 7) is 8.40. The summed E-state index contributed by atoms with van der Waals surface area (Å²) in [5.41, 5.74) is 6.40. The van der Waals surface area contributed by atoms with Crippen LogP contribution >= 0.6 is 0 Å². The highest BCUT2D eigenvalue weighted by Crippen LogP contribution is 2.29. The Morgan fingerprint density at radius 2 is 1.72 bits per heavy atom. The number of nitrogens with two attached hydrogens (primary N) is 1. The number of nitrogens with one attached hydrogen (secondary N) is 2. The van der Waals surface area contributed by atoms with Gasteiger partial charge in [-0.15, -0.1) is 0 Å². The Morgan fingerprint density at radius 3 is 2.38 bits per heavy atom. The van der Waals surface area contributed by atoms with Crippen LogP contribution in [0, 0.1) is 6.92 Å². The second-order valence-electron chi connectivity index (χ2n) is 10.4. The number of carbonyl (C=O) groups excluding carboxylic acids is 1. The lowest BCUT2D eigenvalue weighted by molar-refractivity contribution is 0.102. The van der Waals surface area contributed by atoms with E-state index in [0.717, 1.165) is 16.8 Å². The fourth-order valence-corrected chi connectivity index (χ4v) is 4.60. The minimum absolute atomic E-state index is 0.0190. The number of fused-ring (bicyclic) bond motifs is 1. The van der Waals surface area contributed by atoms with Gasteiger partial charge in [-0.25, -0.2) is 19.3 Å². The number of amides is 1. The fourth-order valence-electron chi connectivity index (χ4n) is 4.20. The normalized spacial score (nSPS) is 12.3. The van der Waals surface area contributed by atoms with E-state index in [1.807, 2.05) is 66.2 Å². The minimum Gasteiger partial charge on any atom is -0.337 e. The molecule has 0 aliphatic rings. The van der Waals surface area contributed by atoms with Crippen LogP contribution in [-0.2, 0) is 16.4 Å². The van der Waals surface area contributed by atoms with Gasteiger partial charge in [0.25, 0.3) is 5.91 Å². The topological polar surface area (TPSA) is 114 Å². The van der Waals surface area contributed by atoms with Crippen LogP contribution in [0.25, 0.3) is 16.9 Å². The van der Waals surface area contributed by atoms with E-state index in [1.54, 1.807) is 30.5 Å². The smallest absolute Gasteiger partial charge is 0.255 e. The molecule has 3 aromatic carbocycles. The number of anilines is 3. The first-order chi connectivity index (χ1) is 18.6. The molecular formula is C30H30N6O2S. The van der Waals surface area contributed by atoms with Crippen LogP contribution < -0.4 is 15.8 Å². The average molecular weight is 539 g/mol. The van der Waals surface area contributed by atoms with E-state index in [1.165, 1.54) is 5.56 Å². The maximum atomic E-state index is 13.1. The number of aromatic nitrogens is 3. The molecule has 8 nitrogen and oxygen atoms in total. The largest absolute Gasteiger partial charge is 0.337 e. The lowest BCUT2D eigenvalue weighted by atomic mass is 9.86. The first-order valence-corrected chi connectivity index (χ1v) is 13.7. The monoisotopic (exact) mass is 538 g/mol. The van der Waals surface area contributed by atoms with E-state index >= 15 is 0 Å². The SMILES string of the molecule is Cc1ccc(-c2cn3ccnc3c(Nc3ccc(S(N)=O)cc3)n2)cc1NC(=O)c1ccc(C(C)(C)C)cc1. The van der Waals surface area contributed by atoms with Crippen molar-refractivity contribution in [3.8, 4) is 11.3 Å². The van der Waals surface area contributed by atoms with Crippen molar-refractivity contribution in [3.63, 3.8) is 0 Å². The Morgan fingerprint density at radius 1 is 1.00 bits per heavy atom. The van der Waals surface area contributed by atoms with E-state index in [9.17, 15) is 9.00 Å². The quantitative estimate of drug-likeness (QED) is 0.246. The Bertz CT molecular complexity index is 1690. The van der Waals surface area contributed by atoms with Gasteiger partial charge in [-0.3, -0.25) is 4.79 Å². The zero-order valence-corrected chi connectivity index (χ0v) is 23.0. The lowest BCUT2D eigenvalue weighted by Gasteiger charge is -2.19. The van der Waals surface area contributed by atoms with Crippen molar-refractivity contribution in [1.29, 1.82) is 0 Å². The Hall–Kier alpha value is -4.34. The van der Waals surface area contributed by atoms with Gasteiger partial charge in [-0.2, -0.15) is 0 Å². The average Bonchev–Trinajstić information content (AvgIpc) is 3.39. The van der Waals surface area contributed by atoms with Crippen LogP contribution in [0.3, 0.4) is 0 Å². The maximum Gasteiger partial charge on any atom is 0.255 e. The summed E-state index contributed by atoms with van der Waals surface area (Å²) >= 11 is 0. The van der Waals surface area contributed by atoms with E-state index in [-0.39, 0.29) is 11.3 Å². The zero-order chi connectivity index (χ0) is 27.7. The number of carbonyl (C=O) groups is 1. The molecule has 2 heterocycles. The van der Waals surface area contributed by atoms with Crippen LogP contribution in [0.2, 0.25) is 0 Å². The van der Waals surface area contributed by atoms with E-state index in [2.05, 4.69) is 36.4 Å². The molecule has 198 valence electrons. The minimum atomic E-state index is -1.54. The van der Waals surface area contributed by atoms with Gasteiger partial charge in [-0.05, 0) is 65.9 Å². The van der Waals surface area contributed by atoms with Gasteiger partial charge in [-0.1, -0.05) is 45.0 Å². The Balaban J connectivity index is 1.44. The van der Waals surface area contributed by atoms with Crippen molar-refractivity contribution in [2.45, 2.75) is 38.0 Å². The van der Waals surface area contributed by atoms with E-state index in [0.29, 0.717) is 33.3 Å². The number of hydrogen-bond donors (Lipinski definition) is 3. The highest BCUT2D eigenvalue weighted by atomic mass is 32.2. The third-order valence-corrected chi connectivity index (χ3v) is 7.25. The summed E-state index contributed by atoms with van der Waals surface area (Å²) in [6, 6.07) is 20.6. The molecular weight excluding hydrogens is 508 g/mol. The summed E-state index contributed by atoms with van der Waals surface area (Å²) in [5.74, 6) is 0.391. The summed E-state index contributed by atoms with van der Waals surface area (Å²) in [6.07, 6.45) is 5.46. The first-order valence-electron chi connectivity index (χ1n) is 12.5. The first kappa shape index (κ1) is 26.3. The van der Waals surface area contributed by atoms with Gasteiger partial charge in [0.2, 0.25) is 0 Å². The molecule has 0 aliphatic heterocycles. The third kappa shape index (κ3) is 5.74. The molecule has 0 fully saturated rings. The van der Waals surface area contributed by atoms with Crippen molar-refractivity contribution in [2.75, 3.05) is 10.6 Å². The highest BCUT2D eigenvalue weighted by Gasteiger charge is 2.16. The summed E-state index contributed by atoms with van der Waals surface area (Å²) < 4.78 is 13.4. The van der Waals surface area contributed by atoms with Crippen molar-refractivity contribution < 1.29 is 9.00 Å². The van der Waals surface area contributed by atoms with Crippen molar-refractivity contribution >= 4 is 39.7 Å². The summed E-state index contributed by atoms with van der Waals surface area (Å²) in [5, 5.41) is 11.8. The molecule has 0 radical (unpaired) electrons. The number of aryl methyl sites for hydroxylation is 1. The number of nitrogens with zero attached hydrogens (tertiary/aromatic N) is 3. The molecule has 1 atom stereocenters. The summed E-state index contributed by atoms with van der Waals surface area (Å²) in [7, 11) is -1.54. The molecule has 9 heteroatoms. The zero-order valence-electron chi connectivity index (χ0n) is 22.2. The van der Waals surface area contributed by atoms with Crippen LogP contribution in [0.1, 0.15) is 42.3 Å². The molecule has 0 bridgehead atoms. The predicted octanol–water partition coefficient (Wildman–Crippen LogP) is 5.98. The highest BCUT2D eigenvalue weighted by molar-refractivity contribution is 7.82. The van der Waals surface area contributed by atoms with Gasteiger partial charge in [0, 0.05) is 41.1 Å². The second-order valence-corrected chi connectivity index (χ2v) is 11.5. The lowest BCUT2D eigenvalue weighted by Crippen LogP contribution is -2.15. The summed E-state index contributed by atoms with van der Waals surface area (Å²) in [4.78, 5) is 22.9. The number of imidazole rings is 1. The molecule has 1 amide bonds. The Labute approximate surface area is 229 Å². The van der Waals surface area contributed by atoms with Crippen molar-refractivity contribution in [1.82, 2.24) is 14.4 Å². The number of hydrogen-bond acceptors (Lipinski definition) is 5. The maximum absolute atomic E-state index is 13.1. The molecule has 0 aliphatic carbocycles. The van der Waals surface area contributed by atoms with Gasteiger partial charge >= 0.3 is 0 Å². The van der Waals surface area contributed by atoms with Crippen LogP contribution in [0.15, 0.2) is 90.2 Å². The molecule has 2 aromatic heterocycles. The van der Waals surface area contributed by atoms with Gasteiger partial charge in [0.15, 0.2) is 11.5 Å². The van der Waals surface area contributed by atoms with E-state index in [4.69, 9.17) is 10.1 Å². The molecule has 4 N–H and O–H groups in total. The molecule has 0 spiro atoms.